The maximum absolute atomic E-state index is 10.1. The first-order valence-electron chi connectivity index (χ1n) is 3.31. The zero-order valence-electron chi connectivity index (χ0n) is 6.27. The summed E-state index contributed by atoms with van der Waals surface area (Å²) in [6, 6.07) is 3.39. The SMILES string of the molecule is Nc1ncccc1C=CC(=O)O. The van der Waals surface area contributed by atoms with Gasteiger partial charge < -0.3 is 10.8 Å². The van der Waals surface area contributed by atoms with E-state index in [1.807, 2.05) is 0 Å². The minimum atomic E-state index is -1.00. The first-order chi connectivity index (χ1) is 5.70. The van der Waals surface area contributed by atoms with Crippen molar-refractivity contribution in [2.24, 2.45) is 0 Å². The molecule has 0 saturated heterocycles. The molecule has 0 aliphatic carbocycles. The van der Waals surface area contributed by atoms with Crippen LogP contribution in [-0.2, 0) is 4.79 Å². The molecule has 0 aliphatic heterocycles. The Bertz CT molecular complexity index is 321. The molecular weight excluding hydrogens is 156 g/mol. The van der Waals surface area contributed by atoms with Crippen molar-refractivity contribution in [3.63, 3.8) is 0 Å². The highest BCUT2D eigenvalue weighted by atomic mass is 16.4. The molecule has 4 heteroatoms. The monoisotopic (exact) mass is 164 g/mol. The first kappa shape index (κ1) is 8.26. The molecule has 0 unspecified atom stereocenters. The molecule has 1 aromatic rings. The molecule has 1 heterocycles. The number of hydrogen-bond acceptors (Lipinski definition) is 3. The van der Waals surface area contributed by atoms with Gasteiger partial charge in [0.15, 0.2) is 0 Å². The van der Waals surface area contributed by atoms with Crippen LogP contribution in [0.1, 0.15) is 5.56 Å². The van der Waals surface area contributed by atoms with E-state index >= 15 is 0 Å². The van der Waals surface area contributed by atoms with E-state index in [1.165, 1.54) is 6.08 Å². The molecule has 0 aromatic carbocycles. The lowest BCUT2D eigenvalue weighted by Gasteiger charge is -1.95. The number of carboxylic acids is 1. The Balaban J connectivity index is 2.89. The number of rotatable bonds is 2. The van der Waals surface area contributed by atoms with Gasteiger partial charge in [0, 0.05) is 17.8 Å². The predicted molar refractivity (Wildman–Crippen MR) is 45.3 cm³/mol. The highest BCUT2D eigenvalue weighted by Crippen LogP contribution is 2.08. The average molecular weight is 164 g/mol. The van der Waals surface area contributed by atoms with Crippen molar-refractivity contribution >= 4 is 17.9 Å². The Morgan fingerprint density at radius 1 is 1.67 bits per heavy atom. The van der Waals surface area contributed by atoms with Crippen LogP contribution in [0.5, 0.6) is 0 Å². The van der Waals surface area contributed by atoms with Gasteiger partial charge in [0.25, 0.3) is 0 Å². The fourth-order valence-corrected chi connectivity index (χ4v) is 0.732. The highest BCUT2D eigenvalue weighted by molar-refractivity contribution is 5.86. The van der Waals surface area contributed by atoms with Crippen molar-refractivity contribution in [1.82, 2.24) is 4.98 Å². The van der Waals surface area contributed by atoms with E-state index in [0.717, 1.165) is 6.08 Å². The van der Waals surface area contributed by atoms with Gasteiger partial charge in [0.1, 0.15) is 5.82 Å². The van der Waals surface area contributed by atoms with E-state index in [4.69, 9.17) is 10.8 Å². The predicted octanol–water partition coefficient (Wildman–Crippen LogP) is 0.762. The minimum Gasteiger partial charge on any atom is -0.478 e. The Morgan fingerprint density at radius 3 is 3.00 bits per heavy atom. The van der Waals surface area contributed by atoms with Crippen LogP contribution in [-0.4, -0.2) is 16.1 Å². The number of carbonyl (C=O) groups is 1. The topological polar surface area (TPSA) is 76.2 Å². The molecule has 4 nitrogen and oxygen atoms in total. The van der Waals surface area contributed by atoms with Crippen molar-refractivity contribution in [3.05, 3.63) is 30.0 Å². The number of anilines is 1. The molecule has 0 amide bonds. The van der Waals surface area contributed by atoms with Crippen molar-refractivity contribution in [2.45, 2.75) is 0 Å². The molecule has 0 atom stereocenters. The largest absolute Gasteiger partial charge is 0.478 e. The van der Waals surface area contributed by atoms with E-state index in [1.54, 1.807) is 18.3 Å². The van der Waals surface area contributed by atoms with Gasteiger partial charge in [0.2, 0.25) is 0 Å². The summed E-state index contributed by atoms with van der Waals surface area (Å²) in [5.41, 5.74) is 6.06. The number of pyridine rings is 1. The highest BCUT2D eigenvalue weighted by Gasteiger charge is 1.93. The van der Waals surface area contributed by atoms with Crippen LogP contribution in [0, 0.1) is 0 Å². The van der Waals surface area contributed by atoms with Gasteiger partial charge in [-0.1, -0.05) is 0 Å². The number of aliphatic carboxylic acids is 1. The summed E-state index contributed by atoms with van der Waals surface area (Å²) >= 11 is 0. The van der Waals surface area contributed by atoms with Crippen LogP contribution >= 0.6 is 0 Å². The van der Waals surface area contributed by atoms with E-state index in [9.17, 15) is 4.79 Å². The third-order valence-electron chi connectivity index (χ3n) is 1.28. The summed E-state index contributed by atoms with van der Waals surface area (Å²) in [7, 11) is 0. The summed E-state index contributed by atoms with van der Waals surface area (Å²) in [5, 5.41) is 8.32. The third kappa shape index (κ3) is 2.09. The normalized spacial score (nSPS) is 10.3. The van der Waals surface area contributed by atoms with Crippen LogP contribution < -0.4 is 5.73 Å². The van der Waals surface area contributed by atoms with Gasteiger partial charge in [-0.2, -0.15) is 0 Å². The summed E-state index contributed by atoms with van der Waals surface area (Å²) in [6.07, 6.45) is 3.98. The van der Waals surface area contributed by atoms with Crippen LogP contribution in [0.25, 0.3) is 6.08 Å². The van der Waals surface area contributed by atoms with Crippen LogP contribution in [0.3, 0.4) is 0 Å². The van der Waals surface area contributed by atoms with Gasteiger partial charge in [-0.3, -0.25) is 0 Å². The maximum atomic E-state index is 10.1. The van der Waals surface area contributed by atoms with E-state index in [-0.39, 0.29) is 0 Å². The summed E-state index contributed by atoms with van der Waals surface area (Å²) in [5.74, 6) is -0.673. The number of nitrogen functional groups attached to an aromatic ring is 1. The zero-order chi connectivity index (χ0) is 8.97. The Morgan fingerprint density at radius 2 is 2.42 bits per heavy atom. The third-order valence-corrected chi connectivity index (χ3v) is 1.28. The quantitative estimate of drug-likeness (QED) is 0.633. The molecule has 0 radical (unpaired) electrons. The van der Waals surface area contributed by atoms with E-state index in [2.05, 4.69) is 4.98 Å². The molecule has 1 rings (SSSR count). The van der Waals surface area contributed by atoms with Gasteiger partial charge in [-0.05, 0) is 18.2 Å². The van der Waals surface area contributed by atoms with Crippen molar-refractivity contribution in [1.29, 1.82) is 0 Å². The molecule has 3 N–H and O–H groups in total. The van der Waals surface area contributed by atoms with Crippen molar-refractivity contribution < 1.29 is 9.90 Å². The summed E-state index contributed by atoms with van der Waals surface area (Å²) in [6.45, 7) is 0. The van der Waals surface area contributed by atoms with Gasteiger partial charge in [-0.25, -0.2) is 9.78 Å². The number of nitrogens with zero attached hydrogens (tertiary/aromatic N) is 1. The minimum absolute atomic E-state index is 0.329. The fraction of sp³-hybridized carbons (Fsp3) is 0. The lowest BCUT2D eigenvalue weighted by molar-refractivity contribution is -0.131. The van der Waals surface area contributed by atoms with Crippen LogP contribution in [0.4, 0.5) is 5.82 Å². The molecule has 0 saturated carbocycles. The molecule has 62 valence electrons. The first-order valence-corrected chi connectivity index (χ1v) is 3.31. The summed E-state index contributed by atoms with van der Waals surface area (Å²) in [4.78, 5) is 13.9. The Kier molecular flexibility index (Phi) is 2.42. The smallest absolute Gasteiger partial charge is 0.328 e. The Hall–Kier alpha value is -1.84. The molecule has 0 bridgehead atoms. The number of nitrogens with two attached hydrogens (primary N) is 1. The average Bonchev–Trinajstić information content (AvgIpc) is 2.03. The summed E-state index contributed by atoms with van der Waals surface area (Å²) < 4.78 is 0. The van der Waals surface area contributed by atoms with E-state index < -0.39 is 5.97 Å². The van der Waals surface area contributed by atoms with Crippen LogP contribution in [0.15, 0.2) is 24.4 Å². The number of hydrogen-bond donors (Lipinski definition) is 2. The second kappa shape index (κ2) is 3.52. The van der Waals surface area contributed by atoms with Gasteiger partial charge in [-0.15, -0.1) is 0 Å². The molecule has 12 heavy (non-hydrogen) atoms. The molecule has 0 aliphatic rings. The standard InChI is InChI=1S/C8H8N2O2/c9-8-6(2-1-5-10-8)3-4-7(11)12/h1-5H,(H2,9,10)(H,11,12). The molecular formula is C8H8N2O2. The second-order valence-electron chi connectivity index (χ2n) is 2.15. The second-order valence-corrected chi connectivity index (χ2v) is 2.15. The molecule has 0 spiro atoms. The zero-order valence-corrected chi connectivity index (χ0v) is 6.27. The van der Waals surface area contributed by atoms with Crippen LogP contribution in [0.2, 0.25) is 0 Å². The fourth-order valence-electron chi connectivity index (χ4n) is 0.732. The van der Waals surface area contributed by atoms with Crippen molar-refractivity contribution in [2.75, 3.05) is 5.73 Å². The lowest BCUT2D eigenvalue weighted by atomic mass is 10.2. The number of aromatic nitrogens is 1. The van der Waals surface area contributed by atoms with Crippen molar-refractivity contribution in [3.8, 4) is 0 Å². The maximum Gasteiger partial charge on any atom is 0.328 e. The van der Waals surface area contributed by atoms with Gasteiger partial charge in [0.05, 0.1) is 0 Å². The van der Waals surface area contributed by atoms with Gasteiger partial charge >= 0.3 is 5.97 Å². The molecule has 1 aromatic heterocycles. The number of carboxylic acid groups (broad SMARTS) is 1. The molecule has 0 fully saturated rings. The lowest BCUT2D eigenvalue weighted by Crippen LogP contribution is -1.93. The van der Waals surface area contributed by atoms with E-state index in [0.29, 0.717) is 11.4 Å². The Labute approximate surface area is 69.4 Å².